The Bertz CT molecular complexity index is 194. The highest BCUT2D eigenvalue weighted by Crippen LogP contribution is 2.21. The Kier molecular flexibility index (Phi) is 18.9. The molecule has 0 aliphatic rings. The fourth-order valence-corrected chi connectivity index (χ4v) is 3.30. The maximum absolute atomic E-state index is 5.54. The molecule has 1 unspecified atom stereocenters. The first-order valence-electron chi connectivity index (χ1n) is 10.2. The molecule has 0 aliphatic carbocycles. The van der Waals surface area contributed by atoms with Gasteiger partial charge in [0.05, 0.1) is 0 Å². The number of rotatable bonds is 18. The lowest BCUT2D eigenvalue weighted by molar-refractivity contribution is 0.393. The highest BCUT2D eigenvalue weighted by atomic mass is 14.5. The van der Waals surface area contributed by atoms with E-state index in [9.17, 15) is 0 Å². The first-order valence-corrected chi connectivity index (χ1v) is 10.2. The molecule has 0 aromatic rings. The van der Waals surface area contributed by atoms with E-state index in [4.69, 9.17) is 11.5 Å². The van der Waals surface area contributed by atoms with E-state index in [-0.39, 0.29) is 0 Å². The maximum Gasteiger partial charge on any atom is -0.00773 e. The van der Waals surface area contributed by atoms with Gasteiger partial charge in [-0.2, -0.15) is 0 Å². The van der Waals surface area contributed by atoms with Crippen molar-refractivity contribution in [1.29, 1.82) is 0 Å². The van der Waals surface area contributed by atoms with Gasteiger partial charge in [0.15, 0.2) is 0 Å². The lowest BCUT2D eigenvalue weighted by Crippen LogP contribution is -2.00. The van der Waals surface area contributed by atoms with E-state index in [0.29, 0.717) is 0 Å². The molecule has 0 amide bonds. The Morgan fingerprint density at radius 3 is 1.14 bits per heavy atom. The predicted octanol–water partition coefficient (Wildman–Crippen LogP) is 5.78. The molecule has 2 heteroatoms. The van der Waals surface area contributed by atoms with Crippen molar-refractivity contribution in [3.05, 3.63) is 0 Å². The fourth-order valence-electron chi connectivity index (χ4n) is 3.30. The molecule has 22 heavy (non-hydrogen) atoms. The Morgan fingerprint density at radius 2 is 0.818 bits per heavy atom. The van der Waals surface area contributed by atoms with Crippen molar-refractivity contribution < 1.29 is 0 Å². The highest BCUT2D eigenvalue weighted by Gasteiger charge is 2.05. The second-order valence-electron chi connectivity index (χ2n) is 7.03. The molecular weight excluding hydrogens is 268 g/mol. The third-order valence-corrected chi connectivity index (χ3v) is 4.96. The van der Waals surface area contributed by atoms with Crippen LogP contribution in [-0.4, -0.2) is 13.1 Å². The van der Waals surface area contributed by atoms with Crippen molar-refractivity contribution in [3.63, 3.8) is 0 Å². The van der Waals surface area contributed by atoms with Crippen molar-refractivity contribution in [2.75, 3.05) is 13.1 Å². The van der Waals surface area contributed by atoms with Gasteiger partial charge >= 0.3 is 0 Å². The molecule has 0 fully saturated rings. The minimum atomic E-state index is 0.865. The molecule has 0 heterocycles. The molecule has 4 N–H and O–H groups in total. The summed E-state index contributed by atoms with van der Waals surface area (Å²) in [4.78, 5) is 0. The Morgan fingerprint density at radius 1 is 0.500 bits per heavy atom. The molecule has 0 saturated heterocycles. The normalized spacial score (nSPS) is 12.7. The van der Waals surface area contributed by atoms with Gasteiger partial charge in [-0.1, -0.05) is 96.8 Å². The second kappa shape index (κ2) is 19.0. The molecule has 0 bridgehead atoms. The summed E-state index contributed by atoms with van der Waals surface area (Å²) in [6.45, 7) is 4.10. The molecule has 0 rings (SSSR count). The zero-order chi connectivity index (χ0) is 16.3. The molecule has 0 radical (unpaired) electrons. The molecule has 2 nitrogen and oxygen atoms in total. The molecule has 0 aromatic carbocycles. The number of hydrogen-bond donors (Lipinski definition) is 2. The summed E-state index contributed by atoms with van der Waals surface area (Å²) >= 11 is 0. The van der Waals surface area contributed by atoms with E-state index in [1.54, 1.807) is 0 Å². The maximum atomic E-state index is 5.54. The molecule has 0 aliphatic heterocycles. The Labute approximate surface area is 140 Å². The summed E-state index contributed by atoms with van der Waals surface area (Å²) < 4.78 is 0. The molecular formula is C20H44N2. The summed E-state index contributed by atoms with van der Waals surface area (Å²) in [5, 5.41) is 0. The minimum absolute atomic E-state index is 0.865. The van der Waals surface area contributed by atoms with E-state index in [0.717, 1.165) is 19.0 Å². The van der Waals surface area contributed by atoms with Crippen molar-refractivity contribution in [2.45, 2.75) is 110 Å². The second-order valence-corrected chi connectivity index (χ2v) is 7.03. The first-order chi connectivity index (χ1) is 10.8. The number of unbranched alkanes of at least 4 members (excludes halogenated alkanes) is 11. The van der Waals surface area contributed by atoms with E-state index < -0.39 is 0 Å². The topological polar surface area (TPSA) is 52.0 Å². The van der Waals surface area contributed by atoms with Crippen LogP contribution < -0.4 is 11.5 Å². The Balaban J connectivity index is 3.25. The number of nitrogens with two attached hydrogens (primary N) is 2. The summed E-state index contributed by atoms with van der Waals surface area (Å²) in [5.74, 6) is 0.981. The van der Waals surface area contributed by atoms with E-state index >= 15 is 0 Å². The zero-order valence-electron chi connectivity index (χ0n) is 15.5. The van der Waals surface area contributed by atoms with Crippen LogP contribution in [-0.2, 0) is 0 Å². The van der Waals surface area contributed by atoms with E-state index in [1.807, 2.05) is 0 Å². The molecule has 1 atom stereocenters. The summed E-state index contributed by atoms with van der Waals surface area (Å²) in [7, 11) is 0. The van der Waals surface area contributed by atoms with Crippen molar-refractivity contribution >= 4 is 0 Å². The highest BCUT2D eigenvalue weighted by molar-refractivity contribution is 4.59. The third-order valence-electron chi connectivity index (χ3n) is 4.96. The van der Waals surface area contributed by atoms with Crippen LogP contribution in [0.25, 0.3) is 0 Å². The number of hydrogen-bond acceptors (Lipinski definition) is 2. The monoisotopic (exact) mass is 312 g/mol. The van der Waals surface area contributed by atoms with Crippen LogP contribution in [0.5, 0.6) is 0 Å². The average Bonchev–Trinajstić information content (AvgIpc) is 2.54. The van der Waals surface area contributed by atoms with Gasteiger partial charge < -0.3 is 11.5 Å². The van der Waals surface area contributed by atoms with Crippen LogP contribution in [0.15, 0.2) is 0 Å². The van der Waals surface area contributed by atoms with Gasteiger partial charge in [0, 0.05) is 0 Å². The van der Waals surface area contributed by atoms with Crippen molar-refractivity contribution in [2.24, 2.45) is 17.4 Å². The van der Waals surface area contributed by atoms with Gasteiger partial charge in [-0.25, -0.2) is 0 Å². The smallest absolute Gasteiger partial charge is 0.00773 e. The van der Waals surface area contributed by atoms with E-state index in [1.165, 1.54) is 103 Å². The molecule has 0 saturated carbocycles. The first kappa shape index (κ1) is 21.9. The minimum Gasteiger partial charge on any atom is -0.330 e. The van der Waals surface area contributed by atoms with Gasteiger partial charge in [-0.05, 0) is 31.8 Å². The third kappa shape index (κ3) is 16.3. The van der Waals surface area contributed by atoms with Gasteiger partial charge in [0.25, 0.3) is 0 Å². The van der Waals surface area contributed by atoms with Gasteiger partial charge in [-0.15, -0.1) is 0 Å². The van der Waals surface area contributed by atoms with Crippen LogP contribution in [0.4, 0.5) is 0 Å². The van der Waals surface area contributed by atoms with Crippen LogP contribution in [0, 0.1) is 5.92 Å². The van der Waals surface area contributed by atoms with Gasteiger partial charge in [0.1, 0.15) is 0 Å². The van der Waals surface area contributed by atoms with Crippen molar-refractivity contribution in [3.8, 4) is 0 Å². The standard InChI is InChI=1S/C20H44N2/c1-2-20(17-13-9-11-15-19-22)16-12-8-6-4-3-5-7-10-14-18-21/h20H,2-19,21-22H2,1H3. The van der Waals surface area contributed by atoms with Crippen LogP contribution >= 0.6 is 0 Å². The lowest BCUT2D eigenvalue weighted by atomic mass is 9.92. The summed E-state index contributed by atoms with van der Waals surface area (Å²) in [6.07, 6.45) is 22.2. The van der Waals surface area contributed by atoms with E-state index in [2.05, 4.69) is 6.92 Å². The van der Waals surface area contributed by atoms with Crippen LogP contribution in [0.2, 0.25) is 0 Å². The summed E-state index contributed by atoms with van der Waals surface area (Å²) in [6, 6.07) is 0. The Hall–Kier alpha value is -0.0800. The SMILES string of the molecule is CCC(CCCCCCN)CCCCCCCCCCCN. The lowest BCUT2D eigenvalue weighted by Gasteiger charge is -2.14. The van der Waals surface area contributed by atoms with Crippen LogP contribution in [0.1, 0.15) is 110 Å². The fraction of sp³-hybridized carbons (Fsp3) is 1.00. The quantitative estimate of drug-likeness (QED) is 0.315. The zero-order valence-corrected chi connectivity index (χ0v) is 15.5. The van der Waals surface area contributed by atoms with Gasteiger partial charge in [-0.3, -0.25) is 0 Å². The molecule has 134 valence electrons. The van der Waals surface area contributed by atoms with Crippen molar-refractivity contribution in [1.82, 2.24) is 0 Å². The largest absolute Gasteiger partial charge is 0.330 e. The van der Waals surface area contributed by atoms with Gasteiger partial charge in [0.2, 0.25) is 0 Å². The molecule has 0 spiro atoms. The van der Waals surface area contributed by atoms with Crippen LogP contribution in [0.3, 0.4) is 0 Å². The predicted molar refractivity (Wildman–Crippen MR) is 101 cm³/mol. The average molecular weight is 313 g/mol. The summed E-state index contributed by atoms with van der Waals surface area (Å²) in [5.41, 5.74) is 11.0. The molecule has 0 aromatic heterocycles.